The van der Waals surface area contributed by atoms with Crippen LogP contribution in [-0.4, -0.2) is 35.4 Å². The van der Waals surface area contributed by atoms with Crippen molar-refractivity contribution in [2.24, 2.45) is 0 Å². The Bertz CT molecular complexity index is 867. The van der Waals surface area contributed by atoms with Crippen LogP contribution in [0.3, 0.4) is 0 Å². The highest BCUT2D eigenvalue weighted by Crippen LogP contribution is 2.38. The molecule has 0 bridgehead atoms. The molecule has 5 nitrogen and oxygen atoms in total. The number of para-hydroxylation sites is 1. The molecule has 1 atom stereocenters. The zero-order chi connectivity index (χ0) is 19.6. The van der Waals surface area contributed by atoms with E-state index in [2.05, 4.69) is 6.92 Å². The van der Waals surface area contributed by atoms with Crippen molar-refractivity contribution < 1.29 is 19.4 Å². The summed E-state index contributed by atoms with van der Waals surface area (Å²) in [7, 11) is 0. The summed E-state index contributed by atoms with van der Waals surface area (Å²) < 4.78 is 5.55. The largest absolute Gasteiger partial charge is 0.481 e. The van der Waals surface area contributed by atoms with Gasteiger partial charge in [-0.05, 0) is 30.7 Å². The molecule has 0 aromatic heterocycles. The summed E-state index contributed by atoms with van der Waals surface area (Å²) in [6, 6.07) is 10.3. The Morgan fingerprint density at radius 3 is 2.59 bits per heavy atom. The number of hydrogen-bond donors (Lipinski definition) is 1. The van der Waals surface area contributed by atoms with Crippen LogP contribution in [0.25, 0.3) is 0 Å². The molecule has 2 aromatic carbocycles. The lowest BCUT2D eigenvalue weighted by molar-refractivity contribution is -0.120. The Morgan fingerprint density at radius 2 is 1.93 bits per heavy atom. The number of halogens is 2. The second-order valence-corrected chi connectivity index (χ2v) is 8.39. The summed E-state index contributed by atoms with van der Waals surface area (Å²) in [5.74, 6) is -1.26. The number of rotatable bonds is 4. The maximum atomic E-state index is 12.8. The van der Waals surface area contributed by atoms with Gasteiger partial charge in [0.1, 0.15) is 0 Å². The van der Waals surface area contributed by atoms with Gasteiger partial charge in [-0.3, -0.25) is 4.79 Å². The van der Waals surface area contributed by atoms with E-state index in [0.29, 0.717) is 11.8 Å². The summed E-state index contributed by atoms with van der Waals surface area (Å²) in [5, 5.41) is 9.53. The first kappa shape index (κ1) is 19.9. The van der Waals surface area contributed by atoms with Gasteiger partial charge in [0.15, 0.2) is 12.4 Å². The highest BCUT2D eigenvalue weighted by atomic mass is 35.5. The molecule has 8 heteroatoms. The summed E-state index contributed by atoms with van der Waals surface area (Å²) in [4.78, 5) is 26.6. The second kappa shape index (κ2) is 8.42. The van der Waals surface area contributed by atoms with E-state index in [-0.39, 0.29) is 33.9 Å². The maximum Gasteiger partial charge on any atom is 0.335 e. The summed E-state index contributed by atoms with van der Waals surface area (Å²) in [6.07, 6.45) is 0.861. The van der Waals surface area contributed by atoms with Gasteiger partial charge in [-0.25, -0.2) is 4.79 Å². The standard InChI is InChI=1S/C19H17Cl2NO4S/c1-11-6-7-22(15-4-2-3-5-16(15)27-11)17(23)10-26-18-13(20)8-12(19(24)25)9-14(18)21/h2-5,8-9,11H,6-7,10H2,1H3,(H,24,25). The third kappa shape index (κ3) is 4.51. The van der Waals surface area contributed by atoms with Crippen molar-refractivity contribution in [3.63, 3.8) is 0 Å². The molecule has 0 saturated carbocycles. The van der Waals surface area contributed by atoms with E-state index < -0.39 is 5.97 Å². The van der Waals surface area contributed by atoms with Crippen molar-refractivity contribution in [1.29, 1.82) is 0 Å². The number of hydrogen-bond acceptors (Lipinski definition) is 4. The number of carbonyl (C=O) groups is 2. The van der Waals surface area contributed by atoms with Gasteiger partial charge in [-0.2, -0.15) is 0 Å². The van der Waals surface area contributed by atoms with E-state index >= 15 is 0 Å². The van der Waals surface area contributed by atoms with Crippen LogP contribution in [0.2, 0.25) is 10.0 Å². The van der Waals surface area contributed by atoms with Crippen LogP contribution in [0, 0.1) is 0 Å². The number of amides is 1. The van der Waals surface area contributed by atoms with E-state index in [1.54, 1.807) is 16.7 Å². The lowest BCUT2D eigenvalue weighted by Gasteiger charge is -2.23. The van der Waals surface area contributed by atoms with Crippen molar-refractivity contribution in [1.82, 2.24) is 0 Å². The zero-order valence-corrected chi connectivity index (χ0v) is 16.8. The predicted octanol–water partition coefficient (Wildman–Crippen LogP) is 4.99. The van der Waals surface area contributed by atoms with Gasteiger partial charge in [0.05, 0.1) is 21.3 Å². The molecular weight excluding hydrogens is 409 g/mol. The van der Waals surface area contributed by atoms with Crippen LogP contribution in [0.15, 0.2) is 41.3 Å². The molecule has 1 unspecified atom stereocenters. The molecule has 0 saturated heterocycles. The van der Waals surface area contributed by atoms with E-state index in [1.807, 2.05) is 24.3 Å². The van der Waals surface area contributed by atoms with Gasteiger partial charge in [0, 0.05) is 16.7 Å². The van der Waals surface area contributed by atoms with Gasteiger partial charge >= 0.3 is 5.97 Å². The molecule has 1 amide bonds. The van der Waals surface area contributed by atoms with Crippen LogP contribution < -0.4 is 9.64 Å². The molecular formula is C19H17Cl2NO4S. The van der Waals surface area contributed by atoms with Crippen molar-refractivity contribution in [2.75, 3.05) is 18.1 Å². The fraction of sp³-hybridized carbons (Fsp3) is 0.263. The van der Waals surface area contributed by atoms with Gasteiger partial charge in [-0.15, -0.1) is 11.8 Å². The number of carbonyl (C=O) groups excluding carboxylic acids is 1. The van der Waals surface area contributed by atoms with Gasteiger partial charge in [0.2, 0.25) is 0 Å². The first-order valence-corrected chi connectivity index (χ1v) is 9.91. The van der Waals surface area contributed by atoms with Crippen molar-refractivity contribution in [3.05, 3.63) is 52.0 Å². The lowest BCUT2D eigenvalue weighted by Crippen LogP contribution is -2.36. The average Bonchev–Trinajstić information content (AvgIpc) is 2.78. The van der Waals surface area contributed by atoms with Gasteiger partial charge in [-0.1, -0.05) is 42.3 Å². The van der Waals surface area contributed by atoms with E-state index in [1.165, 1.54) is 12.1 Å². The van der Waals surface area contributed by atoms with E-state index in [0.717, 1.165) is 17.0 Å². The minimum absolute atomic E-state index is 0.0452. The average molecular weight is 426 g/mol. The quantitative estimate of drug-likeness (QED) is 0.747. The molecule has 0 fully saturated rings. The molecule has 27 heavy (non-hydrogen) atoms. The molecule has 2 aromatic rings. The Hall–Kier alpha value is -1.89. The highest BCUT2D eigenvalue weighted by molar-refractivity contribution is 8.00. The van der Waals surface area contributed by atoms with E-state index in [9.17, 15) is 9.59 Å². The smallest absolute Gasteiger partial charge is 0.335 e. The molecule has 0 aliphatic carbocycles. The number of aromatic carboxylic acids is 1. The van der Waals surface area contributed by atoms with Crippen LogP contribution in [0.5, 0.6) is 5.75 Å². The number of anilines is 1. The first-order chi connectivity index (χ1) is 12.9. The van der Waals surface area contributed by atoms with E-state index in [4.69, 9.17) is 33.0 Å². The molecule has 142 valence electrons. The minimum atomic E-state index is -1.14. The summed E-state index contributed by atoms with van der Waals surface area (Å²) in [5.41, 5.74) is 0.815. The van der Waals surface area contributed by atoms with Gasteiger partial charge < -0.3 is 14.7 Å². The molecule has 0 radical (unpaired) electrons. The minimum Gasteiger partial charge on any atom is -0.481 e. The van der Waals surface area contributed by atoms with Crippen molar-refractivity contribution >= 4 is 52.5 Å². The topological polar surface area (TPSA) is 66.8 Å². The molecule has 0 spiro atoms. The third-order valence-electron chi connectivity index (χ3n) is 4.13. The number of nitrogens with zero attached hydrogens (tertiary/aromatic N) is 1. The predicted molar refractivity (Wildman–Crippen MR) is 108 cm³/mol. The lowest BCUT2D eigenvalue weighted by atomic mass is 10.2. The summed E-state index contributed by atoms with van der Waals surface area (Å²) >= 11 is 13.9. The maximum absolute atomic E-state index is 12.8. The highest BCUT2D eigenvalue weighted by Gasteiger charge is 2.25. The van der Waals surface area contributed by atoms with Crippen LogP contribution in [0.1, 0.15) is 23.7 Å². The van der Waals surface area contributed by atoms with Crippen molar-refractivity contribution in [2.45, 2.75) is 23.5 Å². The third-order valence-corrected chi connectivity index (χ3v) is 5.93. The van der Waals surface area contributed by atoms with Crippen LogP contribution in [0.4, 0.5) is 5.69 Å². The Balaban J connectivity index is 1.78. The molecule has 1 N–H and O–H groups in total. The number of fused-ring (bicyclic) bond motifs is 1. The number of ether oxygens (including phenoxy) is 1. The monoisotopic (exact) mass is 425 g/mol. The fourth-order valence-corrected chi connectivity index (χ4v) is 4.49. The Labute approximate surface area is 171 Å². The molecule has 3 rings (SSSR count). The number of benzene rings is 2. The molecule has 1 heterocycles. The SMILES string of the molecule is CC1CCN(C(=O)COc2c(Cl)cc(C(=O)O)cc2Cl)c2ccccc2S1. The second-order valence-electron chi connectivity index (χ2n) is 6.09. The number of carboxylic acids is 1. The van der Waals surface area contributed by atoms with Crippen LogP contribution in [-0.2, 0) is 4.79 Å². The Kier molecular flexibility index (Phi) is 6.19. The van der Waals surface area contributed by atoms with Crippen LogP contribution >= 0.6 is 35.0 Å². The molecule has 1 aliphatic rings. The van der Waals surface area contributed by atoms with Gasteiger partial charge in [0.25, 0.3) is 5.91 Å². The fourth-order valence-electron chi connectivity index (χ4n) is 2.78. The normalized spacial score (nSPS) is 16.4. The Morgan fingerprint density at radius 1 is 1.26 bits per heavy atom. The number of thioether (sulfide) groups is 1. The molecule has 1 aliphatic heterocycles. The zero-order valence-electron chi connectivity index (χ0n) is 14.4. The number of carboxylic acid groups (broad SMARTS) is 1. The first-order valence-electron chi connectivity index (χ1n) is 8.28. The van der Waals surface area contributed by atoms with Crippen molar-refractivity contribution in [3.8, 4) is 5.75 Å². The summed E-state index contributed by atoms with van der Waals surface area (Å²) in [6.45, 7) is 2.47.